The van der Waals surface area contributed by atoms with Crippen molar-refractivity contribution in [2.45, 2.75) is 97.5 Å². The van der Waals surface area contributed by atoms with Gasteiger partial charge in [-0.25, -0.2) is 0 Å². The Hall–Kier alpha value is -1.10. The van der Waals surface area contributed by atoms with Crippen LogP contribution in [0, 0.1) is 5.92 Å². The Labute approximate surface area is 167 Å². The van der Waals surface area contributed by atoms with E-state index in [4.69, 9.17) is 9.47 Å². The lowest BCUT2D eigenvalue weighted by molar-refractivity contribution is -0.160. The lowest BCUT2D eigenvalue weighted by Gasteiger charge is -2.18. The monoisotopic (exact) mass is 385 g/mol. The largest absolute Gasteiger partial charge is 0.462 e. The van der Waals surface area contributed by atoms with Crippen LogP contribution in [0.4, 0.5) is 0 Å². The molecule has 0 aliphatic heterocycles. The third kappa shape index (κ3) is 16.8. The molecule has 0 amide bonds. The average Bonchev–Trinajstić information content (AvgIpc) is 2.60. The van der Waals surface area contributed by atoms with E-state index in [1.54, 1.807) is 6.92 Å². The van der Waals surface area contributed by atoms with Gasteiger partial charge in [-0.05, 0) is 27.4 Å². The van der Waals surface area contributed by atoms with Crippen molar-refractivity contribution in [3.05, 3.63) is 0 Å². The number of carbonyl (C=O) groups excluding carboxylic acids is 2. The Kier molecular flexibility index (Phi) is 16.3. The van der Waals surface area contributed by atoms with Gasteiger partial charge in [0.1, 0.15) is 12.7 Å². The maximum absolute atomic E-state index is 11.9. The standard InChI is InChI=1S/C22H43NO4/c1-6-7-8-9-10-11-12-13-14-15-16-21(24)27-20(3)18-26-22(25)19(2)17-23(4)5/h19-20H,6-18H2,1-5H3. The van der Waals surface area contributed by atoms with Gasteiger partial charge in [0.05, 0.1) is 5.92 Å². The number of hydrogen-bond donors (Lipinski definition) is 0. The van der Waals surface area contributed by atoms with Crippen molar-refractivity contribution in [3.63, 3.8) is 0 Å². The van der Waals surface area contributed by atoms with Crippen LogP contribution in [0.1, 0.15) is 91.4 Å². The Balaban J connectivity index is 3.59. The van der Waals surface area contributed by atoms with Crippen LogP contribution >= 0.6 is 0 Å². The summed E-state index contributed by atoms with van der Waals surface area (Å²) in [5, 5.41) is 0. The molecule has 0 heterocycles. The van der Waals surface area contributed by atoms with Crippen LogP contribution in [-0.2, 0) is 19.1 Å². The quantitative estimate of drug-likeness (QED) is 0.261. The molecule has 2 unspecified atom stereocenters. The highest BCUT2D eigenvalue weighted by Gasteiger charge is 2.17. The van der Waals surface area contributed by atoms with Crippen LogP contribution < -0.4 is 0 Å². The summed E-state index contributed by atoms with van der Waals surface area (Å²) in [7, 11) is 3.84. The first kappa shape index (κ1) is 25.9. The minimum atomic E-state index is -0.392. The molecule has 2 atom stereocenters. The molecule has 0 bridgehead atoms. The Morgan fingerprint density at radius 3 is 1.89 bits per heavy atom. The Bertz CT molecular complexity index is 385. The number of carbonyl (C=O) groups is 2. The van der Waals surface area contributed by atoms with Gasteiger partial charge in [-0.1, -0.05) is 71.6 Å². The molecule has 0 N–H and O–H groups in total. The van der Waals surface area contributed by atoms with Crippen molar-refractivity contribution in [1.29, 1.82) is 0 Å². The fourth-order valence-corrected chi connectivity index (χ4v) is 3.04. The van der Waals surface area contributed by atoms with Crippen molar-refractivity contribution in [2.24, 2.45) is 5.92 Å². The highest BCUT2D eigenvalue weighted by molar-refractivity contribution is 5.72. The molecular weight excluding hydrogens is 342 g/mol. The number of nitrogens with zero attached hydrogens (tertiary/aromatic N) is 1. The van der Waals surface area contributed by atoms with Crippen molar-refractivity contribution in [2.75, 3.05) is 27.2 Å². The summed E-state index contributed by atoms with van der Waals surface area (Å²) in [6.45, 7) is 6.61. The van der Waals surface area contributed by atoms with Gasteiger partial charge < -0.3 is 14.4 Å². The van der Waals surface area contributed by atoms with Gasteiger partial charge >= 0.3 is 11.9 Å². The summed E-state index contributed by atoms with van der Waals surface area (Å²) in [6, 6.07) is 0. The van der Waals surface area contributed by atoms with Crippen LogP contribution in [0.25, 0.3) is 0 Å². The van der Waals surface area contributed by atoms with E-state index < -0.39 is 6.10 Å². The molecule has 0 saturated heterocycles. The van der Waals surface area contributed by atoms with E-state index in [9.17, 15) is 9.59 Å². The Morgan fingerprint density at radius 2 is 1.37 bits per heavy atom. The molecule has 0 aliphatic carbocycles. The van der Waals surface area contributed by atoms with Crippen molar-refractivity contribution >= 4 is 11.9 Å². The highest BCUT2D eigenvalue weighted by Crippen LogP contribution is 2.12. The molecule has 0 aromatic carbocycles. The lowest BCUT2D eigenvalue weighted by Crippen LogP contribution is -2.29. The van der Waals surface area contributed by atoms with Gasteiger partial charge in [-0.15, -0.1) is 0 Å². The van der Waals surface area contributed by atoms with E-state index in [1.807, 2.05) is 25.9 Å². The second-order valence-electron chi connectivity index (χ2n) is 8.03. The van der Waals surface area contributed by atoms with Gasteiger partial charge in [-0.3, -0.25) is 9.59 Å². The average molecular weight is 386 g/mol. The first-order chi connectivity index (χ1) is 12.9. The lowest BCUT2D eigenvalue weighted by atomic mass is 10.1. The molecule has 5 heteroatoms. The number of ether oxygens (including phenoxy) is 2. The predicted octanol–water partition coefficient (Wildman–Crippen LogP) is 4.97. The summed E-state index contributed by atoms with van der Waals surface area (Å²) in [5.41, 5.74) is 0. The summed E-state index contributed by atoms with van der Waals surface area (Å²) in [6.07, 6.45) is 12.5. The first-order valence-corrected chi connectivity index (χ1v) is 10.9. The second kappa shape index (κ2) is 17.0. The zero-order valence-corrected chi connectivity index (χ0v) is 18.4. The molecule has 160 valence electrons. The van der Waals surface area contributed by atoms with Gasteiger partial charge in [0.2, 0.25) is 0 Å². The molecular formula is C22H43NO4. The fourth-order valence-electron chi connectivity index (χ4n) is 3.04. The van der Waals surface area contributed by atoms with E-state index >= 15 is 0 Å². The normalized spacial score (nSPS) is 13.4. The number of hydrogen-bond acceptors (Lipinski definition) is 5. The molecule has 5 nitrogen and oxygen atoms in total. The van der Waals surface area contributed by atoms with E-state index in [1.165, 1.54) is 51.4 Å². The fraction of sp³-hybridized carbons (Fsp3) is 0.909. The smallest absolute Gasteiger partial charge is 0.310 e. The minimum Gasteiger partial charge on any atom is -0.462 e. The molecule has 0 rings (SSSR count). The minimum absolute atomic E-state index is 0.125. The molecule has 0 fully saturated rings. The van der Waals surface area contributed by atoms with E-state index in [0.717, 1.165) is 12.8 Å². The maximum Gasteiger partial charge on any atom is 0.310 e. The van der Waals surface area contributed by atoms with Crippen LogP contribution in [0.3, 0.4) is 0 Å². The Morgan fingerprint density at radius 1 is 0.852 bits per heavy atom. The first-order valence-electron chi connectivity index (χ1n) is 10.9. The van der Waals surface area contributed by atoms with Crippen LogP contribution in [0.5, 0.6) is 0 Å². The topological polar surface area (TPSA) is 55.8 Å². The third-order valence-electron chi connectivity index (χ3n) is 4.57. The number of esters is 2. The molecule has 0 saturated carbocycles. The molecule has 0 aliphatic rings. The molecule has 0 aromatic heterocycles. The van der Waals surface area contributed by atoms with Crippen LogP contribution in [0.15, 0.2) is 0 Å². The van der Waals surface area contributed by atoms with Crippen molar-refractivity contribution in [1.82, 2.24) is 4.90 Å². The summed E-state index contributed by atoms with van der Waals surface area (Å²) in [5.74, 6) is -0.629. The van der Waals surface area contributed by atoms with Gasteiger partial charge in [0, 0.05) is 13.0 Å². The highest BCUT2D eigenvalue weighted by atomic mass is 16.6. The zero-order valence-electron chi connectivity index (χ0n) is 18.4. The number of unbranched alkanes of at least 4 members (excludes halogenated alkanes) is 9. The van der Waals surface area contributed by atoms with Crippen molar-refractivity contribution < 1.29 is 19.1 Å². The second-order valence-corrected chi connectivity index (χ2v) is 8.03. The zero-order chi connectivity index (χ0) is 20.5. The van der Waals surface area contributed by atoms with Gasteiger partial charge in [-0.2, -0.15) is 0 Å². The van der Waals surface area contributed by atoms with Crippen LogP contribution in [0.2, 0.25) is 0 Å². The van der Waals surface area contributed by atoms with Gasteiger partial charge in [0.15, 0.2) is 0 Å². The predicted molar refractivity (Wildman–Crippen MR) is 111 cm³/mol. The third-order valence-corrected chi connectivity index (χ3v) is 4.57. The summed E-state index contributed by atoms with van der Waals surface area (Å²) in [4.78, 5) is 25.6. The summed E-state index contributed by atoms with van der Waals surface area (Å²) < 4.78 is 10.5. The number of rotatable bonds is 17. The van der Waals surface area contributed by atoms with E-state index in [2.05, 4.69) is 6.92 Å². The summed E-state index contributed by atoms with van der Waals surface area (Å²) >= 11 is 0. The molecule has 0 radical (unpaired) electrons. The maximum atomic E-state index is 11.9. The SMILES string of the molecule is CCCCCCCCCCCCC(=O)OC(C)COC(=O)C(C)CN(C)C. The van der Waals surface area contributed by atoms with E-state index in [-0.39, 0.29) is 24.5 Å². The van der Waals surface area contributed by atoms with Crippen molar-refractivity contribution in [3.8, 4) is 0 Å². The van der Waals surface area contributed by atoms with Gasteiger partial charge in [0.25, 0.3) is 0 Å². The molecule has 0 aromatic rings. The molecule has 27 heavy (non-hydrogen) atoms. The van der Waals surface area contributed by atoms with E-state index in [0.29, 0.717) is 13.0 Å². The van der Waals surface area contributed by atoms with Crippen LogP contribution in [-0.4, -0.2) is 50.2 Å². The molecule has 0 spiro atoms.